The normalized spacial score (nSPS) is 21.5. The van der Waals surface area contributed by atoms with Gasteiger partial charge >= 0.3 is 10.2 Å². The monoisotopic (exact) mass is 252 g/mol. The van der Waals surface area contributed by atoms with E-state index >= 15 is 0 Å². The molecule has 1 fully saturated rings. The average Bonchev–Trinajstić information content (AvgIpc) is 2.12. The van der Waals surface area contributed by atoms with E-state index in [1.54, 1.807) is 0 Å². The van der Waals surface area contributed by atoms with Gasteiger partial charge in [-0.3, -0.25) is 9.69 Å². The summed E-state index contributed by atoms with van der Waals surface area (Å²) in [6.45, 7) is 0.244. The Morgan fingerprint density at radius 2 is 2.20 bits per heavy atom. The van der Waals surface area contributed by atoms with Crippen molar-refractivity contribution in [2.75, 3.05) is 20.6 Å². The Balaban J connectivity index is 2.62. The lowest BCUT2D eigenvalue weighted by Gasteiger charge is -2.36. The minimum absolute atomic E-state index is 0.143. The summed E-state index contributed by atoms with van der Waals surface area (Å²) in [5.74, 6) is -0.374. The lowest BCUT2D eigenvalue weighted by molar-refractivity contribution is -0.136. The van der Waals surface area contributed by atoms with E-state index in [0.29, 0.717) is 0 Å². The minimum atomic E-state index is -3.65. The molecular formula is C6H12N4O3S2. The summed E-state index contributed by atoms with van der Waals surface area (Å²) in [6, 6.07) is -0.577. The molecule has 86 valence electrons. The maximum atomic E-state index is 11.3. The van der Waals surface area contributed by atoms with Gasteiger partial charge in [-0.25, -0.2) is 4.72 Å². The summed E-state index contributed by atoms with van der Waals surface area (Å²) >= 11 is 4.76. The first-order valence-corrected chi connectivity index (χ1v) is 5.91. The molecule has 0 aromatic heterocycles. The molecule has 1 aliphatic heterocycles. The fourth-order valence-electron chi connectivity index (χ4n) is 0.892. The van der Waals surface area contributed by atoms with E-state index in [9.17, 15) is 13.2 Å². The van der Waals surface area contributed by atoms with Gasteiger partial charge in [-0.15, -0.1) is 0 Å². The third-order valence-electron chi connectivity index (χ3n) is 1.90. The third-order valence-corrected chi connectivity index (χ3v) is 3.77. The van der Waals surface area contributed by atoms with Crippen molar-refractivity contribution in [1.29, 1.82) is 0 Å². The van der Waals surface area contributed by atoms with Crippen LogP contribution in [0.2, 0.25) is 0 Å². The Kier molecular flexibility index (Phi) is 3.28. The van der Waals surface area contributed by atoms with Crippen molar-refractivity contribution in [3.63, 3.8) is 0 Å². The second-order valence-electron chi connectivity index (χ2n) is 3.25. The second kappa shape index (κ2) is 4.00. The Morgan fingerprint density at radius 3 is 2.53 bits per heavy atom. The maximum Gasteiger partial charge on any atom is 0.302 e. The van der Waals surface area contributed by atoms with E-state index in [1.165, 1.54) is 14.1 Å². The van der Waals surface area contributed by atoms with Gasteiger partial charge in [0.1, 0.15) is 6.04 Å². The van der Waals surface area contributed by atoms with Gasteiger partial charge in [-0.05, 0) is 12.2 Å². The Labute approximate surface area is 93.4 Å². The summed E-state index contributed by atoms with van der Waals surface area (Å²) in [5, 5.41) is -0.143. The maximum absolute atomic E-state index is 11.3. The van der Waals surface area contributed by atoms with Crippen LogP contribution in [-0.4, -0.2) is 55.3 Å². The molecule has 0 spiro atoms. The van der Waals surface area contributed by atoms with E-state index in [2.05, 4.69) is 4.72 Å². The van der Waals surface area contributed by atoms with Gasteiger partial charge in [-0.1, -0.05) is 0 Å². The van der Waals surface area contributed by atoms with Crippen LogP contribution < -0.4 is 10.5 Å². The Morgan fingerprint density at radius 1 is 1.67 bits per heavy atom. The number of hydrogen-bond donors (Lipinski definition) is 2. The molecule has 1 rings (SSSR count). The number of thiocarbonyl (C=S) groups is 1. The molecule has 1 heterocycles. The molecule has 7 nitrogen and oxygen atoms in total. The number of carbonyl (C=O) groups is 1. The van der Waals surface area contributed by atoms with Crippen LogP contribution in [0.1, 0.15) is 0 Å². The Bertz CT molecular complexity index is 391. The van der Waals surface area contributed by atoms with Crippen LogP contribution >= 0.6 is 12.2 Å². The zero-order valence-corrected chi connectivity index (χ0v) is 9.93. The van der Waals surface area contributed by atoms with Crippen LogP contribution in [0.4, 0.5) is 0 Å². The van der Waals surface area contributed by atoms with E-state index in [0.717, 1.165) is 9.21 Å². The predicted molar refractivity (Wildman–Crippen MR) is 58.0 cm³/mol. The summed E-state index contributed by atoms with van der Waals surface area (Å²) in [6.07, 6.45) is 0. The van der Waals surface area contributed by atoms with Crippen LogP contribution in [-0.2, 0) is 15.0 Å². The van der Waals surface area contributed by atoms with Gasteiger partial charge in [0.25, 0.3) is 0 Å². The molecule has 0 saturated carbocycles. The highest BCUT2D eigenvalue weighted by atomic mass is 32.2. The highest BCUT2D eigenvalue weighted by molar-refractivity contribution is 7.89. The lowest BCUT2D eigenvalue weighted by Crippen LogP contribution is -2.65. The number of rotatable bonds is 2. The molecule has 15 heavy (non-hydrogen) atoms. The number of nitrogens with zero attached hydrogens (tertiary/aromatic N) is 2. The fraction of sp³-hybridized carbons (Fsp3) is 0.667. The summed E-state index contributed by atoms with van der Waals surface area (Å²) < 4.78 is 25.7. The summed E-state index contributed by atoms with van der Waals surface area (Å²) in [5.41, 5.74) is 5.34. The van der Waals surface area contributed by atoms with Gasteiger partial charge in [0, 0.05) is 14.1 Å². The average molecular weight is 252 g/mol. The van der Waals surface area contributed by atoms with Crippen molar-refractivity contribution in [2.45, 2.75) is 6.04 Å². The quantitative estimate of drug-likeness (QED) is 0.431. The number of carbonyl (C=O) groups excluding carboxylic acids is 1. The van der Waals surface area contributed by atoms with E-state index < -0.39 is 16.3 Å². The van der Waals surface area contributed by atoms with Crippen molar-refractivity contribution in [1.82, 2.24) is 13.9 Å². The van der Waals surface area contributed by atoms with Crippen molar-refractivity contribution < 1.29 is 13.2 Å². The van der Waals surface area contributed by atoms with Gasteiger partial charge < -0.3 is 5.73 Å². The Hall–Kier alpha value is -0.770. The molecule has 1 amide bonds. The van der Waals surface area contributed by atoms with Gasteiger partial charge in [-0.2, -0.15) is 12.7 Å². The van der Waals surface area contributed by atoms with E-state index in [4.69, 9.17) is 18.0 Å². The van der Waals surface area contributed by atoms with Gasteiger partial charge in [0.05, 0.1) is 6.54 Å². The molecule has 1 aliphatic rings. The second-order valence-corrected chi connectivity index (χ2v) is 5.52. The fourth-order valence-corrected chi connectivity index (χ4v) is 1.89. The number of likely N-dealkylation sites (tertiary alicyclic amines) is 1. The molecule has 0 unspecified atom stereocenters. The van der Waals surface area contributed by atoms with Crippen molar-refractivity contribution in [3.05, 3.63) is 0 Å². The van der Waals surface area contributed by atoms with Gasteiger partial charge in [0.2, 0.25) is 5.91 Å². The molecule has 3 N–H and O–H groups in total. The minimum Gasteiger partial charge on any atom is -0.318 e. The van der Waals surface area contributed by atoms with Crippen LogP contribution in [0.25, 0.3) is 0 Å². The molecule has 0 bridgehead atoms. The smallest absolute Gasteiger partial charge is 0.302 e. The van der Waals surface area contributed by atoms with Crippen molar-refractivity contribution in [3.8, 4) is 0 Å². The highest BCUT2D eigenvalue weighted by Crippen LogP contribution is 2.08. The zero-order chi connectivity index (χ0) is 11.8. The molecular weight excluding hydrogens is 240 g/mol. The zero-order valence-electron chi connectivity index (χ0n) is 8.30. The van der Waals surface area contributed by atoms with Crippen molar-refractivity contribution >= 4 is 33.4 Å². The lowest BCUT2D eigenvalue weighted by atomic mass is 10.1. The molecule has 0 aromatic rings. The molecule has 1 atom stereocenters. The van der Waals surface area contributed by atoms with E-state index in [1.807, 2.05) is 0 Å². The third kappa shape index (κ3) is 2.43. The van der Waals surface area contributed by atoms with Crippen LogP contribution in [0.5, 0.6) is 0 Å². The van der Waals surface area contributed by atoms with Crippen LogP contribution in [0, 0.1) is 0 Å². The standard InChI is InChI=1S/C6H12N4O3S2/c1-9(2)15(12,13)8-6(14)10-3-4(7)5(10)11/h4H,3,7H2,1-2H3,(H,8,14)/t4-/m0/s1. The number of hydrogen-bond acceptors (Lipinski definition) is 5. The molecule has 1 saturated heterocycles. The molecule has 9 heteroatoms. The van der Waals surface area contributed by atoms with Crippen LogP contribution in [0.15, 0.2) is 0 Å². The highest BCUT2D eigenvalue weighted by Gasteiger charge is 2.37. The molecule has 0 radical (unpaired) electrons. The van der Waals surface area contributed by atoms with Crippen molar-refractivity contribution in [2.24, 2.45) is 5.73 Å². The first kappa shape index (κ1) is 12.3. The SMILES string of the molecule is CN(C)S(=O)(=O)NC(=S)N1C[C@H](N)C1=O. The summed E-state index contributed by atoms with van der Waals surface area (Å²) in [7, 11) is -0.941. The number of β-lactam (4-membered cyclic amide) rings is 1. The molecule has 0 aromatic carbocycles. The number of nitrogens with two attached hydrogens (primary N) is 1. The largest absolute Gasteiger partial charge is 0.318 e. The first-order valence-electron chi connectivity index (χ1n) is 4.07. The number of nitrogens with one attached hydrogen (secondary N) is 1. The van der Waals surface area contributed by atoms with Gasteiger partial charge in [0.15, 0.2) is 5.11 Å². The number of amides is 1. The topological polar surface area (TPSA) is 95.7 Å². The summed E-state index contributed by atoms with van der Waals surface area (Å²) in [4.78, 5) is 12.2. The van der Waals surface area contributed by atoms with E-state index in [-0.39, 0.29) is 17.6 Å². The predicted octanol–water partition coefficient (Wildman–Crippen LogP) is -2.16. The first-order chi connectivity index (χ1) is 6.75. The molecule has 0 aliphatic carbocycles. The van der Waals surface area contributed by atoms with Crippen LogP contribution in [0.3, 0.4) is 0 Å².